The van der Waals surface area contributed by atoms with Crippen molar-refractivity contribution in [1.82, 2.24) is 5.32 Å². The molecule has 0 rings (SSSR count). The molecule has 3 nitrogen and oxygen atoms in total. The average Bonchev–Trinajstić information content (AvgIpc) is 1.27. The van der Waals surface area contributed by atoms with Crippen LogP contribution < -0.4 is 11.1 Å². The van der Waals surface area contributed by atoms with E-state index in [4.69, 9.17) is 0 Å². The largest absolute Gasteiger partial charge is 0.351 e. The number of thiocarbonyl (C=S) groups is 1. The molecular formula is C2H4N2OS2. The van der Waals surface area contributed by atoms with Crippen LogP contribution in [-0.4, -0.2) is 10.4 Å². The molecule has 0 aliphatic rings. The zero-order valence-corrected chi connectivity index (χ0v) is 5.05. The molecule has 0 aromatic rings. The van der Waals surface area contributed by atoms with Gasteiger partial charge < -0.3 is 5.73 Å². The van der Waals surface area contributed by atoms with Crippen molar-refractivity contribution in [2.75, 3.05) is 0 Å². The number of rotatable bonds is 0. The topological polar surface area (TPSA) is 55.1 Å². The highest BCUT2D eigenvalue weighted by molar-refractivity contribution is 8.11. The predicted molar refractivity (Wildman–Crippen MR) is 34.3 cm³/mol. The fourth-order valence-electron chi connectivity index (χ4n) is 0.105. The molecule has 0 aliphatic heterocycles. The maximum atomic E-state index is 9.78. The van der Waals surface area contributed by atoms with E-state index in [1.54, 1.807) is 0 Å². The minimum atomic E-state index is -0.681. The van der Waals surface area contributed by atoms with Gasteiger partial charge in [0.15, 0.2) is 0 Å². The van der Waals surface area contributed by atoms with Crippen LogP contribution >= 0.6 is 24.8 Å². The van der Waals surface area contributed by atoms with E-state index in [1.165, 1.54) is 0 Å². The van der Waals surface area contributed by atoms with E-state index in [0.29, 0.717) is 0 Å². The van der Waals surface area contributed by atoms with Crippen LogP contribution in [0.4, 0.5) is 4.79 Å². The number of hydrogen-bond donors (Lipinski definition) is 3. The number of nitrogens with two attached hydrogens (primary N) is 1. The summed E-state index contributed by atoms with van der Waals surface area (Å²) in [5.74, 6) is 0. The molecule has 0 unspecified atom stereocenters. The molecule has 40 valence electrons. The molecule has 0 atom stereocenters. The Balaban J connectivity index is 3.32. The molecule has 0 heterocycles. The highest BCUT2D eigenvalue weighted by Crippen LogP contribution is 1.73. The zero-order chi connectivity index (χ0) is 5.86. The van der Waals surface area contributed by atoms with Crippen molar-refractivity contribution in [3.05, 3.63) is 0 Å². The second-order valence-corrected chi connectivity index (χ2v) is 1.95. The predicted octanol–water partition coefficient (Wildman–Crippen LogP) is -0.131. The number of amides is 2. The van der Waals surface area contributed by atoms with Gasteiger partial charge in [0.2, 0.25) is 0 Å². The van der Waals surface area contributed by atoms with Crippen LogP contribution in [-0.2, 0) is 0 Å². The number of carbonyl (C=O) groups excluding carboxylic acids is 1. The van der Waals surface area contributed by atoms with Crippen molar-refractivity contribution in [2.45, 2.75) is 0 Å². The normalized spacial score (nSPS) is 7.57. The van der Waals surface area contributed by atoms with Gasteiger partial charge in [0.1, 0.15) is 4.32 Å². The van der Waals surface area contributed by atoms with Gasteiger partial charge in [-0.2, -0.15) is 0 Å². The molecule has 0 radical (unpaired) electrons. The van der Waals surface area contributed by atoms with Crippen molar-refractivity contribution in [2.24, 2.45) is 5.73 Å². The third-order valence-electron chi connectivity index (χ3n) is 0.230. The molecule has 0 fully saturated rings. The lowest BCUT2D eigenvalue weighted by atomic mass is 11.0. The van der Waals surface area contributed by atoms with E-state index in [0.717, 1.165) is 0 Å². The van der Waals surface area contributed by atoms with Gasteiger partial charge in [-0.05, 0) is 0 Å². The summed E-state index contributed by atoms with van der Waals surface area (Å²) in [6.45, 7) is 0. The Morgan fingerprint density at radius 3 is 2.29 bits per heavy atom. The SMILES string of the molecule is NC(=O)NC(=S)S. The maximum Gasteiger partial charge on any atom is 0.317 e. The van der Waals surface area contributed by atoms with E-state index < -0.39 is 6.03 Å². The number of nitrogens with one attached hydrogen (secondary N) is 1. The Morgan fingerprint density at radius 2 is 2.29 bits per heavy atom. The van der Waals surface area contributed by atoms with Gasteiger partial charge in [0, 0.05) is 0 Å². The maximum absolute atomic E-state index is 9.78. The Labute approximate surface area is 51.7 Å². The van der Waals surface area contributed by atoms with E-state index in [2.05, 4.69) is 30.6 Å². The second kappa shape index (κ2) is 2.81. The fraction of sp³-hybridized carbons (Fsp3) is 0. The third kappa shape index (κ3) is 5.71. The van der Waals surface area contributed by atoms with Gasteiger partial charge in [-0.25, -0.2) is 4.79 Å². The summed E-state index contributed by atoms with van der Waals surface area (Å²) in [6, 6.07) is -0.681. The zero-order valence-electron chi connectivity index (χ0n) is 3.34. The van der Waals surface area contributed by atoms with Gasteiger partial charge in [-0.3, -0.25) is 5.32 Å². The molecular weight excluding hydrogens is 132 g/mol. The van der Waals surface area contributed by atoms with Gasteiger partial charge >= 0.3 is 6.03 Å². The van der Waals surface area contributed by atoms with Crippen molar-refractivity contribution in [3.8, 4) is 0 Å². The van der Waals surface area contributed by atoms with Crippen LogP contribution in [0.15, 0.2) is 0 Å². The number of thiol groups is 1. The van der Waals surface area contributed by atoms with E-state index >= 15 is 0 Å². The summed E-state index contributed by atoms with van der Waals surface area (Å²) < 4.78 is 0.0903. The minimum absolute atomic E-state index is 0.0903. The van der Waals surface area contributed by atoms with Crippen molar-refractivity contribution < 1.29 is 4.79 Å². The summed E-state index contributed by atoms with van der Waals surface area (Å²) in [5, 5.41) is 2.04. The van der Waals surface area contributed by atoms with Gasteiger partial charge in [0.25, 0.3) is 0 Å². The molecule has 0 bridgehead atoms. The molecule has 0 aliphatic carbocycles. The fourth-order valence-corrected chi connectivity index (χ4v) is 0.316. The Morgan fingerprint density at radius 1 is 1.86 bits per heavy atom. The quantitative estimate of drug-likeness (QED) is 0.321. The van der Waals surface area contributed by atoms with Crippen molar-refractivity contribution >= 4 is 35.2 Å². The third-order valence-corrected chi connectivity index (χ3v) is 0.444. The molecule has 0 saturated heterocycles. The molecule has 7 heavy (non-hydrogen) atoms. The first kappa shape index (κ1) is 6.71. The smallest absolute Gasteiger partial charge is 0.317 e. The van der Waals surface area contributed by atoms with Crippen LogP contribution in [0.2, 0.25) is 0 Å². The second-order valence-electron chi connectivity index (χ2n) is 0.794. The highest BCUT2D eigenvalue weighted by Gasteiger charge is 1.88. The van der Waals surface area contributed by atoms with E-state index in [9.17, 15) is 4.79 Å². The van der Waals surface area contributed by atoms with Crippen LogP contribution in [0.25, 0.3) is 0 Å². The van der Waals surface area contributed by atoms with Crippen LogP contribution in [0, 0.1) is 0 Å². The Kier molecular flexibility index (Phi) is 2.70. The first-order valence-corrected chi connectivity index (χ1v) is 2.28. The van der Waals surface area contributed by atoms with Crippen LogP contribution in [0.3, 0.4) is 0 Å². The highest BCUT2D eigenvalue weighted by atomic mass is 32.1. The standard InChI is InChI=1S/C2H4N2OS2/c3-1(5)4-2(6)7/h(H4,3,4,5,6,7). The molecule has 2 amide bonds. The number of carbonyl (C=O) groups is 1. The summed E-state index contributed by atoms with van der Waals surface area (Å²) in [7, 11) is 0. The lowest BCUT2D eigenvalue weighted by Crippen LogP contribution is -2.30. The van der Waals surface area contributed by atoms with E-state index in [-0.39, 0.29) is 4.32 Å². The van der Waals surface area contributed by atoms with Crippen molar-refractivity contribution in [1.29, 1.82) is 0 Å². The van der Waals surface area contributed by atoms with Gasteiger partial charge in [0.05, 0.1) is 0 Å². The molecule has 5 heteroatoms. The minimum Gasteiger partial charge on any atom is -0.351 e. The molecule has 0 saturated carbocycles. The summed E-state index contributed by atoms with van der Waals surface area (Å²) in [4.78, 5) is 9.78. The number of urea groups is 1. The summed E-state index contributed by atoms with van der Waals surface area (Å²) in [6.07, 6.45) is 0. The lowest BCUT2D eigenvalue weighted by Gasteiger charge is -1.90. The van der Waals surface area contributed by atoms with Crippen LogP contribution in [0.1, 0.15) is 0 Å². The van der Waals surface area contributed by atoms with Gasteiger partial charge in [-0.15, -0.1) is 12.6 Å². The monoisotopic (exact) mass is 136 g/mol. The average molecular weight is 136 g/mol. The van der Waals surface area contributed by atoms with Crippen LogP contribution in [0.5, 0.6) is 0 Å². The molecule has 0 aromatic heterocycles. The van der Waals surface area contributed by atoms with Crippen molar-refractivity contribution in [3.63, 3.8) is 0 Å². The summed E-state index contributed by atoms with van der Waals surface area (Å²) >= 11 is 7.88. The molecule has 3 N–H and O–H groups in total. The lowest BCUT2D eigenvalue weighted by molar-refractivity contribution is 0.253. The molecule has 0 spiro atoms. The molecule has 0 aromatic carbocycles. The Hall–Kier alpha value is -0.290. The summed E-state index contributed by atoms with van der Waals surface area (Å²) in [5.41, 5.74) is 4.61. The number of primary amides is 1. The number of hydrogen-bond acceptors (Lipinski definition) is 2. The Bertz CT molecular complexity index is 89.9. The first-order valence-electron chi connectivity index (χ1n) is 1.42. The van der Waals surface area contributed by atoms with Gasteiger partial charge in [-0.1, -0.05) is 12.2 Å². The van der Waals surface area contributed by atoms with E-state index in [1.807, 2.05) is 5.32 Å². The first-order chi connectivity index (χ1) is 3.13.